The minimum atomic E-state index is -0.0477. The van der Waals surface area contributed by atoms with Crippen LogP contribution in [0.1, 0.15) is 77.6 Å². The van der Waals surface area contributed by atoms with Gasteiger partial charge in [0.2, 0.25) is 0 Å². The molecule has 6 atom stereocenters. The predicted octanol–water partition coefficient (Wildman–Crippen LogP) is 4.95. The van der Waals surface area contributed by atoms with Crippen molar-refractivity contribution in [2.75, 3.05) is 6.61 Å². The summed E-state index contributed by atoms with van der Waals surface area (Å²) in [4.78, 5) is 0. The van der Waals surface area contributed by atoms with Crippen LogP contribution in [0.15, 0.2) is 0 Å². The van der Waals surface area contributed by atoms with Crippen LogP contribution in [0.2, 0.25) is 0 Å². The summed E-state index contributed by atoms with van der Waals surface area (Å²) in [6, 6.07) is -0.0477. The maximum atomic E-state index is 9.00. The van der Waals surface area contributed by atoms with Gasteiger partial charge in [0.15, 0.2) is 0 Å². The molecule has 3 N–H and O–H groups in total. The second-order valence-electron chi connectivity index (χ2n) is 7.78. The first-order chi connectivity index (χ1) is 11.1. The topological polar surface area (TPSA) is 46.2 Å². The first-order valence-electron chi connectivity index (χ1n) is 9.78. The van der Waals surface area contributed by atoms with Crippen molar-refractivity contribution in [3.05, 3.63) is 0 Å². The van der Waals surface area contributed by atoms with Crippen LogP contribution in [0.4, 0.5) is 0 Å². The fourth-order valence-electron chi connectivity index (χ4n) is 4.33. The van der Waals surface area contributed by atoms with Crippen LogP contribution in [0.5, 0.6) is 0 Å². The summed E-state index contributed by atoms with van der Waals surface area (Å²) in [5, 5.41) is 11.0. The molecular weight excluding hydrogens is 326 g/mol. The van der Waals surface area contributed by atoms with Crippen LogP contribution >= 0.6 is 23.4 Å². The van der Waals surface area contributed by atoms with Gasteiger partial charge in [-0.3, -0.25) is 0 Å². The van der Waals surface area contributed by atoms with E-state index in [-0.39, 0.29) is 12.6 Å². The van der Waals surface area contributed by atoms with Crippen LogP contribution in [0, 0.1) is 11.8 Å². The lowest BCUT2D eigenvalue weighted by atomic mass is 9.84. The molecule has 6 unspecified atom stereocenters. The normalized spacial score (nSPS) is 36.8. The number of aliphatic hydroxyl groups excluding tert-OH is 1. The highest BCUT2D eigenvalue weighted by Gasteiger charge is 2.31. The van der Waals surface area contributed by atoms with Crippen LogP contribution < -0.4 is 5.73 Å². The smallest absolute Gasteiger partial charge is 0.0582 e. The zero-order chi connectivity index (χ0) is 16.7. The quantitative estimate of drug-likeness (QED) is 0.601. The van der Waals surface area contributed by atoms with E-state index < -0.39 is 0 Å². The molecule has 0 aliphatic heterocycles. The molecule has 2 fully saturated rings. The Kier molecular flexibility index (Phi) is 9.10. The summed E-state index contributed by atoms with van der Waals surface area (Å²) in [5.74, 6) is 1.63. The average molecular weight is 362 g/mol. The molecule has 2 nitrogen and oxygen atoms in total. The van der Waals surface area contributed by atoms with Crippen molar-refractivity contribution in [3.8, 4) is 0 Å². The lowest BCUT2D eigenvalue weighted by Gasteiger charge is -2.36. The predicted molar refractivity (Wildman–Crippen MR) is 103 cm³/mol. The zero-order valence-electron chi connectivity index (χ0n) is 14.8. The molecule has 0 aromatic heterocycles. The monoisotopic (exact) mass is 361 g/mol. The maximum Gasteiger partial charge on any atom is 0.0582 e. The van der Waals surface area contributed by atoms with Crippen molar-refractivity contribution in [1.82, 2.24) is 0 Å². The standard InChI is InChI=1S/C19H36ClNOS/c1-2-14-5-3-8-17(11-14)23-18-10-9-15(19(20)12-18)6-4-7-16(21)13-22/h14-19,22H,2-13,21H2,1H3. The molecule has 23 heavy (non-hydrogen) atoms. The molecule has 0 bridgehead atoms. The summed E-state index contributed by atoms with van der Waals surface area (Å²) >= 11 is 8.97. The third-order valence-corrected chi connectivity index (χ3v) is 8.10. The molecule has 2 saturated carbocycles. The Labute approximate surface area is 152 Å². The fraction of sp³-hybridized carbons (Fsp3) is 1.00. The van der Waals surface area contributed by atoms with Gasteiger partial charge in [0.05, 0.1) is 6.61 Å². The van der Waals surface area contributed by atoms with Gasteiger partial charge in [-0.2, -0.15) is 11.8 Å². The molecule has 0 radical (unpaired) electrons. The van der Waals surface area contributed by atoms with Crippen LogP contribution in [0.25, 0.3) is 0 Å². The van der Waals surface area contributed by atoms with Gasteiger partial charge in [0, 0.05) is 21.9 Å². The Bertz CT molecular complexity index is 330. The average Bonchev–Trinajstić information content (AvgIpc) is 2.56. The van der Waals surface area contributed by atoms with E-state index in [4.69, 9.17) is 22.4 Å². The first kappa shape index (κ1) is 19.9. The van der Waals surface area contributed by atoms with E-state index in [1.807, 2.05) is 0 Å². The van der Waals surface area contributed by atoms with Crippen molar-refractivity contribution in [3.63, 3.8) is 0 Å². The highest BCUT2D eigenvalue weighted by molar-refractivity contribution is 8.00. The van der Waals surface area contributed by atoms with Gasteiger partial charge < -0.3 is 10.8 Å². The summed E-state index contributed by atoms with van der Waals surface area (Å²) < 4.78 is 0. The minimum Gasteiger partial charge on any atom is -0.395 e. The van der Waals surface area contributed by atoms with E-state index in [1.54, 1.807) is 0 Å². The van der Waals surface area contributed by atoms with Gasteiger partial charge in [0.25, 0.3) is 0 Å². The molecule has 0 heterocycles. The number of nitrogens with two attached hydrogens (primary N) is 1. The van der Waals surface area contributed by atoms with E-state index in [9.17, 15) is 0 Å². The number of hydrogen-bond donors (Lipinski definition) is 2. The molecule has 2 rings (SSSR count). The summed E-state index contributed by atoms with van der Waals surface area (Å²) in [6.45, 7) is 2.45. The Balaban J connectivity index is 1.67. The molecule has 0 spiro atoms. The lowest BCUT2D eigenvalue weighted by molar-refractivity contribution is 0.252. The molecular formula is C19H36ClNOS. The molecule has 4 heteroatoms. The third-order valence-electron chi connectivity index (χ3n) is 5.94. The van der Waals surface area contributed by atoms with Crippen molar-refractivity contribution in [1.29, 1.82) is 0 Å². The van der Waals surface area contributed by atoms with Crippen LogP contribution in [-0.2, 0) is 0 Å². The fourth-order valence-corrected chi connectivity index (χ4v) is 6.73. The lowest BCUT2D eigenvalue weighted by Crippen LogP contribution is -2.30. The van der Waals surface area contributed by atoms with Gasteiger partial charge in [-0.05, 0) is 56.8 Å². The molecule has 0 amide bonds. The largest absolute Gasteiger partial charge is 0.395 e. The van der Waals surface area contributed by atoms with E-state index in [2.05, 4.69) is 18.7 Å². The second-order valence-corrected chi connectivity index (χ2v) is 9.95. The molecule has 136 valence electrons. The molecule has 0 aromatic rings. The SMILES string of the molecule is CCC1CCCC(SC2CCC(CCCC(N)CO)C(Cl)C2)C1. The molecule has 0 saturated heterocycles. The van der Waals surface area contributed by atoms with Crippen molar-refractivity contribution in [2.45, 2.75) is 99.5 Å². The van der Waals surface area contributed by atoms with E-state index in [0.29, 0.717) is 11.3 Å². The highest BCUT2D eigenvalue weighted by Crippen LogP contribution is 2.42. The maximum absolute atomic E-state index is 9.00. The second kappa shape index (κ2) is 10.5. The van der Waals surface area contributed by atoms with Crippen molar-refractivity contribution in [2.24, 2.45) is 17.6 Å². The number of thioether (sulfide) groups is 1. The Morgan fingerprint density at radius 1 is 1.17 bits per heavy atom. The number of alkyl halides is 1. The Morgan fingerprint density at radius 2 is 1.96 bits per heavy atom. The molecule has 0 aromatic carbocycles. The Hall–Kier alpha value is 0.560. The third kappa shape index (κ3) is 6.76. The van der Waals surface area contributed by atoms with Crippen LogP contribution in [0.3, 0.4) is 0 Å². The number of hydrogen-bond acceptors (Lipinski definition) is 3. The highest BCUT2D eigenvalue weighted by atomic mass is 35.5. The zero-order valence-corrected chi connectivity index (χ0v) is 16.3. The first-order valence-corrected chi connectivity index (χ1v) is 11.2. The van der Waals surface area contributed by atoms with Gasteiger partial charge in [-0.15, -0.1) is 11.6 Å². The summed E-state index contributed by atoms with van der Waals surface area (Å²) in [6.07, 6.45) is 14.1. The van der Waals surface area contributed by atoms with Gasteiger partial charge in [-0.25, -0.2) is 0 Å². The molecule has 2 aliphatic carbocycles. The minimum absolute atomic E-state index is 0.0477. The van der Waals surface area contributed by atoms with Gasteiger partial charge in [-0.1, -0.05) is 32.6 Å². The van der Waals surface area contributed by atoms with Gasteiger partial charge >= 0.3 is 0 Å². The summed E-state index contributed by atoms with van der Waals surface area (Å²) in [5.41, 5.74) is 5.79. The van der Waals surface area contributed by atoms with Crippen LogP contribution in [-0.4, -0.2) is 33.6 Å². The Morgan fingerprint density at radius 3 is 2.65 bits per heavy atom. The number of halogens is 1. The van der Waals surface area contributed by atoms with E-state index in [1.165, 1.54) is 57.8 Å². The number of rotatable bonds is 8. The summed E-state index contributed by atoms with van der Waals surface area (Å²) in [7, 11) is 0. The van der Waals surface area contributed by atoms with E-state index in [0.717, 1.165) is 29.3 Å². The van der Waals surface area contributed by atoms with E-state index >= 15 is 0 Å². The number of aliphatic hydroxyl groups is 1. The van der Waals surface area contributed by atoms with Crippen molar-refractivity contribution >= 4 is 23.4 Å². The van der Waals surface area contributed by atoms with Gasteiger partial charge in [0.1, 0.15) is 0 Å². The molecule has 2 aliphatic rings. The van der Waals surface area contributed by atoms with Crippen molar-refractivity contribution < 1.29 is 5.11 Å².